The molecule has 1 unspecified atom stereocenters. The molecule has 140 valence electrons. The van der Waals surface area contributed by atoms with E-state index in [-0.39, 0.29) is 12.2 Å². The van der Waals surface area contributed by atoms with Gasteiger partial charge in [0.25, 0.3) is 0 Å². The summed E-state index contributed by atoms with van der Waals surface area (Å²) in [4.78, 5) is 11.9. The maximum absolute atomic E-state index is 13.1. The molecule has 3 rings (SSSR count). The summed E-state index contributed by atoms with van der Waals surface area (Å²) in [5.41, 5.74) is 2.42. The molecule has 1 heterocycles. The quantitative estimate of drug-likeness (QED) is 0.751. The van der Waals surface area contributed by atoms with Crippen LogP contribution in [0.3, 0.4) is 0 Å². The fourth-order valence-electron chi connectivity index (χ4n) is 2.79. The number of nitrogens with zero attached hydrogens (tertiary/aromatic N) is 3. The number of carbonyl (C=O) groups excluding carboxylic acids is 1. The zero-order valence-corrected chi connectivity index (χ0v) is 14.1. The zero-order valence-electron chi connectivity index (χ0n) is 14.1. The Morgan fingerprint density at radius 3 is 2.58 bits per heavy atom. The lowest BCUT2D eigenvalue weighted by molar-refractivity contribution is -0.161. The number of halogens is 3. The minimum absolute atomic E-state index is 0.0310. The van der Waals surface area contributed by atoms with Crippen LogP contribution in [0.25, 0.3) is 0 Å². The fraction of sp³-hybridized carbons (Fsp3) is 0.529. The normalized spacial score (nSPS) is 15.7. The van der Waals surface area contributed by atoms with Crippen LogP contribution in [0.5, 0.6) is 0 Å². The van der Waals surface area contributed by atoms with E-state index < -0.39 is 24.5 Å². The lowest BCUT2D eigenvalue weighted by Gasteiger charge is -2.20. The Hall–Kier alpha value is -2.45. The second-order valence-electron chi connectivity index (χ2n) is 6.56. The molecule has 1 aromatic carbocycles. The Bertz CT molecular complexity index is 711. The lowest BCUT2D eigenvalue weighted by Crippen LogP contribution is -2.47. The number of H-pyrrole nitrogens is 1. The van der Waals surface area contributed by atoms with Crippen LogP contribution in [-0.2, 0) is 17.6 Å². The van der Waals surface area contributed by atoms with Gasteiger partial charge in [0.05, 0.1) is 0 Å². The third-order valence-corrected chi connectivity index (χ3v) is 4.40. The predicted molar refractivity (Wildman–Crippen MR) is 87.2 cm³/mol. The summed E-state index contributed by atoms with van der Waals surface area (Å²) in [6, 6.07) is 6.22. The van der Waals surface area contributed by atoms with Crippen molar-refractivity contribution >= 4 is 5.91 Å². The minimum atomic E-state index is -4.57. The van der Waals surface area contributed by atoms with Crippen LogP contribution >= 0.6 is 0 Å². The lowest BCUT2D eigenvalue weighted by atomic mass is 10.0. The van der Waals surface area contributed by atoms with Crippen LogP contribution in [0.4, 0.5) is 13.2 Å². The zero-order chi connectivity index (χ0) is 18.6. The van der Waals surface area contributed by atoms with E-state index >= 15 is 0 Å². The molecule has 1 aliphatic rings. The van der Waals surface area contributed by atoms with Gasteiger partial charge < -0.3 is 5.32 Å². The van der Waals surface area contributed by atoms with Crippen LogP contribution in [0.1, 0.15) is 48.6 Å². The summed E-state index contributed by atoms with van der Waals surface area (Å²) in [5, 5.41) is 14.4. The average molecular weight is 367 g/mol. The first-order valence-corrected chi connectivity index (χ1v) is 8.59. The van der Waals surface area contributed by atoms with Crippen LogP contribution in [0.2, 0.25) is 0 Å². The van der Waals surface area contributed by atoms with Gasteiger partial charge in [0.2, 0.25) is 5.91 Å². The number of nitrogens with one attached hydrogen (secondary N) is 2. The molecule has 1 aliphatic carbocycles. The Kier molecular flexibility index (Phi) is 5.53. The number of aromatic amines is 1. The van der Waals surface area contributed by atoms with Gasteiger partial charge in [-0.3, -0.25) is 4.79 Å². The molecule has 1 aromatic heterocycles. The van der Waals surface area contributed by atoms with E-state index in [9.17, 15) is 18.0 Å². The van der Waals surface area contributed by atoms with Crippen LogP contribution in [-0.4, -0.2) is 38.7 Å². The summed E-state index contributed by atoms with van der Waals surface area (Å²) in [6.45, 7) is 0. The smallest absolute Gasteiger partial charge is 0.344 e. The standard InChI is InChI=1S/C17H20F3N5O/c18-17(19,20)14(10-15-22-24-25-23-15)21-16(26)3-1-2-11-4-6-12(7-5-11)13-8-9-13/h4-7,13-14H,1-3,8-10H2,(H,21,26)(H,22,23,24,25). The monoisotopic (exact) mass is 367 g/mol. The van der Waals surface area contributed by atoms with Crippen molar-refractivity contribution in [1.82, 2.24) is 25.9 Å². The summed E-state index contributed by atoms with van der Waals surface area (Å²) in [7, 11) is 0. The van der Waals surface area contributed by atoms with Crippen LogP contribution in [0.15, 0.2) is 24.3 Å². The number of aromatic nitrogens is 4. The number of aryl methyl sites for hydroxylation is 1. The predicted octanol–water partition coefficient (Wildman–Crippen LogP) is 2.69. The molecule has 0 aliphatic heterocycles. The minimum Gasteiger partial charge on any atom is -0.344 e. The summed E-state index contributed by atoms with van der Waals surface area (Å²) in [6.07, 6.45) is -1.47. The first kappa shape index (κ1) is 18.3. The summed E-state index contributed by atoms with van der Waals surface area (Å²) >= 11 is 0. The molecule has 0 spiro atoms. The molecular formula is C17H20F3N5O. The number of amides is 1. The maximum atomic E-state index is 13.1. The molecule has 9 heteroatoms. The van der Waals surface area contributed by atoms with E-state index in [0.717, 1.165) is 5.56 Å². The Morgan fingerprint density at radius 2 is 2.00 bits per heavy atom. The van der Waals surface area contributed by atoms with Crippen molar-refractivity contribution in [3.05, 3.63) is 41.2 Å². The molecule has 2 aromatic rings. The third kappa shape index (κ3) is 5.27. The highest BCUT2D eigenvalue weighted by atomic mass is 19.4. The van der Waals surface area contributed by atoms with Crippen molar-refractivity contribution in [2.75, 3.05) is 0 Å². The molecule has 1 atom stereocenters. The van der Waals surface area contributed by atoms with Crippen LogP contribution < -0.4 is 5.32 Å². The van der Waals surface area contributed by atoms with Crippen molar-refractivity contribution in [1.29, 1.82) is 0 Å². The average Bonchev–Trinajstić information content (AvgIpc) is 3.31. The highest BCUT2D eigenvalue weighted by Crippen LogP contribution is 2.39. The van der Waals surface area contributed by atoms with Gasteiger partial charge >= 0.3 is 6.18 Å². The highest BCUT2D eigenvalue weighted by molar-refractivity contribution is 5.76. The third-order valence-electron chi connectivity index (χ3n) is 4.40. The van der Waals surface area contributed by atoms with Gasteiger partial charge in [-0.25, -0.2) is 0 Å². The molecule has 1 saturated carbocycles. The van der Waals surface area contributed by atoms with E-state index in [1.807, 2.05) is 17.4 Å². The number of rotatable bonds is 8. The topological polar surface area (TPSA) is 83.6 Å². The molecule has 1 amide bonds. The van der Waals surface area contributed by atoms with Crippen molar-refractivity contribution < 1.29 is 18.0 Å². The number of tetrazole rings is 1. The molecule has 0 radical (unpaired) electrons. The number of carbonyl (C=O) groups is 1. The van der Waals surface area contributed by atoms with Gasteiger partial charge in [0.1, 0.15) is 6.04 Å². The van der Waals surface area contributed by atoms with Crippen molar-refractivity contribution in [2.45, 2.75) is 56.7 Å². The number of alkyl halides is 3. The molecular weight excluding hydrogens is 347 g/mol. The van der Waals surface area contributed by atoms with E-state index in [1.165, 1.54) is 18.4 Å². The number of hydrogen-bond donors (Lipinski definition) is 2. The maximum Gasteiger partial charge on any atom is 0.409 e. The van der Waals surface area contributed by atoms with Gasteiger partial charge in [-0.1, -0.05) is 29.5 Å². The van der Waals surface area contributed by atoms with Gasteiger partial charge in [-0.15, -0.1) is 10.2 Å². The number of benzene rings is 1. The summed E-state index contributed by atoms with van der Waals surface area (Å²) < 4.78 is 39.2. The second kappa shape index (κ2) is 7.84. The van der Waals surface area contributed by atoms with E-state index in [2.05, 4.69) is 32.8 Å². The van der Waals surface area contributed by atoms with Gasteiger partial charge in [-0.2, -0.15) is 18.4 Å². The first-order chi connectivity index (χ1) is 12.4. The fourth-order valence-corrected chi connectivity index (χ4v) is 2.79. The van der Waals surface area contributed by atoms with E-state index in [0.29, 0.717) is 18.8 Å². The van der Waals surface area contributed by atoms with E-state index in [1.54, 1.807) is 0 Å². The van der Waals surface area contributed by atoms with Crippen molar-refractivity contribution in [3.8, 4) is 0 Å². The SMILES string of the molecule is O=C(CCCc1ccc(C2CC2)cc1)NC(Cc1nn[nH]n1)C(F)(F)F. The molecule has 0 saturated heterocycles. The Morgan fingerprint density at radius 1 is 1.27 bits per heavy atom. The molecule has 0 bridgehead atoms. The van der Waals surface area contributed by atoms with E-state index in [4.69, 9.17) is 0 Å². The largest absolute Gasteiger partial charge is 0.409 e. The number of hydrogen-bond acceptors (Lipinski definition) is 4. The van der Waals surface area contributed by atoms with Gasteiger partial charge in [0.15, 0.2) is 5.82 Å². The second-order valence-corrected chi connectivity index (χ2v) is 6.56. The Balaban J connectivity index is 1.45. The first-order valence-electron chi connectivity index (χ1n) is 8.59. The molecule has 2 N–H and O–H groups in total. The van der Waals surface area contributed by atoms with Crippen molar-refractivity contribution in [3.63, 3.8) is 0 Å². The summed E-state index contributed by atoms with van der Waals surface area (Å²) in [5.74, 6) is -0.0397. The molecule has 26 heavy (non-hydrogen) atoms. The van der Waals surface area contributed by atoms with Crippen LogP contribution in [0, 0.1) is 0 Å². The molecule has 6 nitrogen and oxygen atoms in total. The van der Waals surface area contributed by atoms with Gasteiger partial charge in [-0.05, 0) is 42.7 Å². The molecule has 1 fully saturated rings. The highest BCUT2D eigenvalue weighted by Gasteiger charge is 2.41. The van der Waals surface area contributed by atoms with Crippen molar-refractivity contribution in [2.24, 2.45) is 0 Å². The Labute approximate surface area is 148 Å². The van der Waals surface area contributed by atoms with Gasteiger partial charge in [0, 0.05) is 12.8 Å².